The second-order valence-electron chi connectivity index (χ2n) is 3.86. The Labute approximate surface area is 79.5 Å². The van der Waals surface area contributed by atoms with Gasteiger partial charge in [-0.05, 0) is 17.0 Å². The van der Waals surface area contributed by atoms with Gasteiger partial charge in [0.05, 0.1) is 0 Å². The molecule has 0 saturated carbocycles. The van der Waals surface area contributed by atoms with Crippen LogP contribution < -0.4 is 5.32 Å². The van der Waals surface area contributed by atoms with Crippen LogP contribution in [0.25, 0.3) is 5.70 Å². The molecular weight excluding hydrogens is 158 g/mol. The fourth-order valence-corrected chi connectivity index (χ4v) is 1.92. The van der Waals surface area contributed by atoms with Gasteiger partial charge in [-0.2, -0.15) is 0 Å². The van der Waals surface area contributed by atoms with Gasteiger partial charge in [-0.1, -0.05) is 38.6 Å². The summed E-state index contributed by atoms with van der Waals surface area (Å²) < 4.78 is 0. The average Bonchev–Trinajstić information content (AvgIpc) is 2.48. The number of benzene rings is 1. The Hall–Kier alpha value is -1.24. The highest BCUT2D eigenvalue weighted by Gasteiger charge is 2.17. The summed E-state index contributed by atoms with van der Waals surface area (Å²) >= 11 is 0. The van der Waals surface area contributed by atoms with Gasteiger partial charge in [-0.15, -0.1) is 0 Å². The van der Waals surface area contributed by atoms with Crippen LogP contribution in [0.5, 0.6) is 0 Å². The summed E-state index contributed by atoms with van der Waals surface area (Å²) in [5.41, 5.74) is 5.25. The molecule has 0 unspecified atom stereocenters. The van der Waals surface area contributed by atoms with E-state index in [1.54, 1.807) is 0 Å². The van der Waals surface area contributed by atoms with Crippen molar-refractivity contribution in [2.75, 3.05) is 0 Å². The largest absolute Gasteiger partial charge is 0.381 e. The quantitative estimate of drug-likeness (QED) is 0.688. The molecule has 1 aromatic carbocycles. The summed E-state index contributed by atoms with van der Waals surface area (Å²) in [7, 11) is 0. The second-order valence-corrected chi connectivity index (χ2v) is 3.86. The molecule has 0 amide bonds. The minimum atomic E-state index is 0.600. The molecule has 13 heavy (non-hydrogen) atoms. The van der Waals surface area contributed by atoms with Crippen molar-refractivity contribution in [1.29, 1.82) is 0 Å². The Morgan fingerprint density at radius 2 is 2.15 bits per heavy atom. The summed E-state index contributed by atoms with van der Waals surface area (Å²) in [5, 5.41) is 3.29. The van der Waals surface area contributed by atoms with Crippen LogP contribution >= 0.6 is 0 Å². The van der Waals surface area contributed by atoms with E-state index in [1.807, 2.05) is 0 Å². The van der Waals surface area contributed by atoms with E-state index in [9.17, 15) is 0 Å². The maximum Gasteiger partial charge on any atom is 0.0410 e. The lowest BCUT2D eigenvalue weighted by molar-refractivity contribution is 0.830. The highest BCUT2D eigenvalue weighted by Crippen LogP contribution is 2.29. The zero-order valence-corrected chi connectivity index (χ0v) is 8.22. The van der Waals surface area contributed by atoms with Crippen molar-refractivity contribution in [2.45, 2.75) is 26.3 Å². The van der Waals surface area contributed by atoms with Crippen molar-refractivity contribution in [2.24, 2.45) is 0 Å². The Morgan fingerprint density at radius 1 is 1.38 bits per heavy atom. The molecule has 68 valence electrons. The minimum absolute atomic E-state index is 0.600. The van der Waals surface area contributed by atoms with Gasteiger partial charge in [0.15, 0.2) is 0 Å². The molecule has 1 heterocycles. The molecule has 0 saturated heterocycles. The van der Waals surface area contributed by atoms with Gasteiger partial charge in [-0.3, -0.25) is 0 Å². The topological polar surface area (TPSA) is 12.0 Å². The van der Waals surface area contributed by atoms with Crippen molar-refractivity contribution in [3.05, 3.63) is 41.5 Å². The van der Waals surface area contributed by atoms with Gasteiger partial charge >= 0.3 is 0 Å². The normalized spacial score (nSPS) is 14.5. The van der Waals surface area contributed by atoms with Gasteiger partial charge in [0, 0.05) is 17.8 Å². The molecular formula is C12H15N. The predicted molar refractivity (Wildman–Crippen MR) is 56.4 cm³/mol. The van der Waals surface area contributed by atoms with Crippen molar-refractivity contribution in [3.63, 3.8) is 0 Å². The van der Waals surface area contributed by atoms with Gasteiger partial charge < -0.3 is 5.32 Å². The summed E-state index contributed by atoms with van der Waals surface area (Å²) in [4.78, 5) is 0. The number of rotatable bonds is 1. The molecule has 2 rings (SSSR count). The van der Waals surface area contributed by atoms with Crippen LogP contribution in [0.2, 0.25) is 0 Å². The molecule has 1 aromatic rings. The molecule has 1 aliphatic rings. The second kappa shape index (κ2) is 2.91. The molecule has 0 aliphatic carbocycles. The first-order chi connectivity index (χ1) is 6.20. The Morgan fingerprint density at radius 3 is 2.85 bits per heavy atom. The zero-order valence-electron chi connectivity index (χ0n) is 8.22. The van der Waals surface area contributed by atoms with Crippen molar-refractivity contribution in [3.8, 4) is 0 Å². The lowest BCUT2D eigenvalue weighted by Crippen LogP contribution is -2.00. The maximum absolute atomic E-state index is 3.98. The third-order valence-corrected chi connectivity index (χ3v) is 2.64. The first-order valence-corrected chi connectivity index (χ1v) is 4.75. The number of fused-ring (bicyclic) bond motifs is 1. The Balaban J connectivity index is 2.57. The fourth-order valence-electron chi connectivity index (χ4n) is 1.92. The third kappa shape index (κ3) is 1.24. The third-order valence-electron chi connectivity index (χ3n) is 2.64. The van der Waals surface area contributed by atoms with E-state index in [-0.39, 0.29) is 0 Å². The smallest absolute Gasteiger partial charge is 0.0410 e. The highest BCUT2D eigenvalue weighted by atomic mass is 14.9. The van der Waals surface area contributed by atoms with E-state index < -0.39 is 0 Å². The monoisotopic (exact) mass is 173 g/mol. The molecule has 1 aliphatic heterocycles. The van der Waals surface area contributed by atoms with Crippen LogP contribution in [-0.4, -0.2) is 0 Å². The molecule has 0 atom stereocenters. The van der Waals surface area contributed by atoms with Gasteiger partial charge in [-0.25, -0.2) is 0 Å². The SMILES string of the molecule is C=C1NCc2c1cccc2C(C)C. The Bertz CT molecular complexity index is 350. The van der Waals surface area contributed by atoms with E-state index in [4.69, 9.17) is 0 Å². The van der Waals surface area contributed by atoms with E-state index in [2.05, 4.69) is 43.9 Å². The molecule has 0 aromatic heterocycles. The standard InChI is InChI=1S/C12H15N/c1-8(2)10-5-4-6-11-9(3)13-7-12(10)11/h4-6,8,13H,3,7H2,1-2H3. The van der Waals surface area contributed by atoms with Crippen LogP contribution in [0, 0.1) is 0 Å². The van der Waals surface area contributed by atoms with Crippen LogP contribution in [0.3, 0.4) is 0 Å². The summed E-state index contributed by atoms with van der Waals surface area (Å²) in [5.74, 6) is 0.600. The molecule has 1 N–H and O–H groups in total. The van der Waals surface area contributed by atoms with Crippen LogP contribution in [0.15, 0.2) is 24.8 Å². The fraction of sp³-hybridized carbons (Fsp3) is 0.333. The van der Waals surface area contributed by atoms with E-state index >= 15 is 0 Å². The highest BCUT2D eigenvalue weighted by molar-refractivity contribution is 5.70. The zero-order chi connectivity index (χ0) is 9.42. The Kier molecular flexibility index (Phi) is 1.87. The van der Waals surface area contributed by atoms with Crippen LogP contribution in [0.4, 0.5) is 0 Å². The molecule has 1 nitrogen and oxygen atoms in total. The van der Waals surface area contributed by atoms with Crippen LogP contribution in [0.1, 0.15) is 36.5 Å². The number of nitrogens with one attached hydrogen (secondary N) is 1. The lowest BCUT2D eigenvalue weighted by Gasteiger charge is -2.10. The minimum Gasteiger partial charge on any atom is -0.381 e. The lowest BCUT2D eigenvalue weighted by atomic mass is 9.94. The van der Waals surface area contributed by atoms with Crippen molar-refractivity contribution in [1.82, 2.24) is 5.32 Å². The van der Waals surface area contributed by atoms with Crippen molar-refractivity contribution >= 4 is 5.70 Å². The molecule has 1 heteroatoms. The number of hydrogen-bond donors (Lipinski definition) is 1. The van der Waals surface area contributed by atoms with Crippen LogP contribution in [-0.2, 0) is 6.54 Å². The van der Waals surface area contributed by atoms with E-state index in [0.717, 1.165) is 12.2 Å². The first kappa shape index (κ1) is 8.36. The van der Waals surface area contributed by atoms with Crippen molar-refractivity contribution < 1.29 is 0 Å². The van der Waals surface area contributed by atoms with E-state index in [1.165, 1.54) is 16.7 Å². The molecule has 0 spiro atoms. The summed E-state index contributed by atoms with van der Waals surface area (Å²) in [6.07, 6.45) is 0. The molecule has 0 radical (unpaired) electrons. The van der Waals surface area contributed by atoms with Gasteiger partial charge in [0.25, 0.3) is 0 Å². The summed E-state index contributed by atoms with van der Waals surface area (Å²) in [6, 6.07) is 6.47. The first-order valence-electron chi connectivity index (χ1n) is 4.75. The average molecular weight is 173 g/mol. The predicted octanol–water partition coefficient (Wildman–Crippen LogP) is 2.88. The summed E-state index contributed by atoms with van der Waals surface area (Å²) in [6.45, 7) is 9.40. The number of hydrogen-bond acceptors (Lipinski definition) is 1. The van der Waals surface area contributed by atoms with E-state index in [0.29, 0.717) is 5.92 Å². The maximum atomic E-state index is 3.98. The molecule has 0 bridgehead atoms. The van der Waals surface area contributed by atoms with Gasteiger partial charge in [0.2, 0.25) is 0 Å². The van der Waals surface area contributed by atoms with Gasteiger partial charge in [0.1, 0.15) is 0 Å². The molecule has 0 fully saturated rings.